The van der Waals surface area contributed by atoms with Gasteiger partial charge in [0.2, 0.25) is 0 Å². The van der Waals surface area contributed by atoms with Gasteiger partial charge in [-0.3, -0.25) is 4.79 Å². The summed E-state index contributed by atoms with van der Waals surface area (Å²) in [5.41, 5.74) is 2.57. The van der Waals surface area contributed by atoms with Crippen LogP contribution in [0.1, 0.15) is 10.4 Å². The van der Waals surface area contributed by atoms with Crippen LogP contribution in [-0.2, 0) is 0 Å². The van der Waals surface area contributed by atoms with E-state index >= 15 is 0 Å². The fraction of sp³-hybridized carbons (Fsp3) is 0.0714. The molecule has 3 aromatic rings. The van der Waals surface area contributed by atoms with Crippen LogP contribution in [0, 0.1) is 0 Å². The molecule has 0 aliphatic rings. The number of aromatic amines is 1. The molecule has 0 fully saturated rings. The maximum atomic E-state index is 11.0. The summed E-state index contributed by atoms with van der Waals surface area (Å²) < 4.78 is 5.21. The average Bonchev–Trinajstić information content (AvgIpc) is 2.76. The first-order valence-electron chi connectivity index (χ1n) is 5.37. The number of carbonyl (C=O) groups is 1. The first kappa shape index (κ1) is 9.90. The Bertz CT molecular complexity index is 713. The predicted molar refractivity (Wildman–Crippen MR) is 67.7 cm³/mol. The molecule has 0 atom stereocenters. The van der Waals surface area contributed by atoms with Crippen molar-refractivity contribution in [1.82, 2.24) is 4.98 Å². The number of nitrogens with one attached hydrogen (secondary N) is 1. The van der Waals surface area contributed by atoms with E-state index in [9.17, 15) is 4.79 Å². The molecule has 3 rings (SSSR count). The lowest BCUT2D eigenvalue weighted by molar-refractivity contribution is 0.112. The third-order valence-electron chi connectivity index (χ3n) is 3.00. The van der Waals surface area contributed by atoms with E-state index in [0.717, 1.165) is 33.8 Å². The SMILES string of the molecule is COc1ccc2[nH]c3c(C=O)cccc3c2c1. The zero-order valence-electron chi connectivity index (χ0n) is 9.36. The number of methoxy groups -OCH3 is 1. The van der Waals surface area contributed by atoms with Gasteiger partial charge in [-0.1, -0.05) is 12.1 Å². The van der Waals surface area contributed by atoms with Crippen LogP contribution in [0.15, 0.2) is 36.4 Å². The number of ether oxygens (including phenoxy) is 1. The van der Waals surface area contributed by atoms with E-state index in [4.69, 9.17) is 4.74 Å². The molecule has 0 saturated carbocycles. The number of hydrogen-bond acceptors (Lipinski definition) is 2. The van der Waals surface area contributed by atoms with Crippen LogP contribution in [0.25, 0.3) is 21.8 Å². The van der Waals surface area contributed by atoms with Gasteiger partial charge in [-0.15, -0.1) is 0 Å². The Morgan fingerprint density at radius 3 is 2.82 bits per heavy atom. The highest BCUT2D eigenvalue weighted by atomic mass is 16.5. The van der Waals surface area contributed by atoms with Crippen LogP contribution in [-0.4, -0.2) is 18.4 Å². The van der Waals surface area contributed by atoms with E-state index in [2.05, 4.69) is 4.98 Å². The van der Waals surface area contributed by atoms with Gasteiger partial charge in [0.25, 0.3) is 0 Å². The Labute approximate surface area is 98.0 Å². The summed E-state index contributed by atoms with van der Waals surface area (Å²) in [6, 6.07) is 11.5. The number of aromatic nitrogens is 1. The number of aldehydes is 1. The predicted octanol–water partition coefficient (Wildman–Crippen LogP) is 3.14. The fourth-order valence-corrected chi connectivity index (χ4v) is 2.15. The number of rotatable bonds is 2. The minimum Gasteiger partial charge on any atom is -0.497 e. The van der Waals surface area contributed by atoms with Crippen molar-refractivity contribution in [1.29, 1.82) is 0 Å². The summed E-state index contributed by atoms with van der Waals surface area (Å²) >= 11 is 0. The van der Waals surface area contributed by atoms with Crippen LogP contribution >= 0.6 is 0 Å². The molecule has 2 aromatic carbocycles. The topological polar surface area (TPSA) is 42.1 Å². The molecule has 0 aliphatic heterocycles. The zero-order chi connectivity index (χ0) is 11.8. The van der Waals surface area contributed by atoms with Crippen molar-refractivity contribution in [2.45, 2.75) is 0 Å². The lowest BCUT2D eigenvalue weighted by Crippen LogP contribution is -1.80. The minimum absolute atomic E-state index is 0.678. The monoisotopic (exact) mass is 225 g/mol. The number of fused-ring (bicyclic) bond motifs is 3. The Balaban J connectivity index is 2.46. The molecule has 84 valence electrons. The minimum atomic E-state index is 0.678. The number of para-hydroxylation sites is 1. The van der Waals surface area contributed by atoms with Gasteiger partial charge in [0.1, 0.15) is 5.75 Å². The molecule has 17 heavy (non-hydrogen) atoms. The van der Waals surface area contributed by atoms with Gasteiger partial charge in [-0.05, 0) is 24.3 Å². The maximum absolute atomic E-state index is 11.0. The average molecular weight is 225 g/mol. The highest BCUT2D eigenvalue weighted by molar-refractivity contribution is 6.12. The summed E-state index contributed by atoms with van der Waals surface area (Å²) in [5, 5.41) is 2.12. The Kier molecular flexibility index (Phi) is 2.11. The molecule has 1 N–H and O–H groups in total. The highest BCUT2D eigenvalue weighted by Gasteiger charge is 2.07. The van der Waals surface area contributed by atoms with Gasteiger partial charge in [0.05, 0.1) is 12.6 Å². The smallest absolute Gasteiger partial charge is 0.152 e. The summed E-state index contributed by atoms with van der Waals surface area (Å²) in [6.07, 6.45) is 0.870. The second-order valence-electron chi connectivity index (χ2n) is 3.92. The largest absolute Gasteiger partial charge is 0.497 e. The van der Waals surface area contributed by atoms with Gasteiger partial charge in [0.15, 0.2) is 6.29 Å². The maximum Gasteiger partial charge on any atom is 0.152 e. The van der Waals surface area contributed by atoms with Crippen molar-refractivity contribution in [3.8, 4) is 5.75 Å². The number of benzene rings is 2. The third kappa shape index (κ3) is 1.40. The van der Waals surface area contributed by atoms with Crippen molar-refractivity contribution < 1.29 is 9.53 Å². The quantitative estimate of drug-likeness (QED) is 0.681. The molecule has 0 spiro atoms. The van der Waals surface area contributed by atoms with Gasteiger partial charge >= 0.3 is 0 Å². The van der Waals surface area contributed by atoms with Crippen molar-refractivity contribution in [3.63, 3.8) is 0 Å². The van der Waals surface area contributed by atoms with Crippen molar-refractivity contribution >= 4 is 28.1 Å². The van der Waals surface area contributed by atoms with Gasteiger partial charge < -0.3 is 9.72 Å². The van der Waals surface area contributed by atoms with Crippen molar-refractivity contribution in [2.75, 3.05) is 7.11 Å². The molecule has 0 saturated heterocycles. The second-order valence-corrected chi connectivity index (χ2v) is 3.92. The van der Waals surface area contributed by atoms with Crippen LogP contribution in [0.3, 0.4) is 0 Å². The lowest BCUT2D eigenvalue weighted by Gasteiger charge is -1.98. The van der Waals surface area contributed by atoms with Crippen LogP contribution in [0.5, 0.6) is 5.75 Å². The highest BCUT2D eigenvalue weighted by Crippen LogP contribution is 2.29. The van der Waals surface area contributed by atoms with Gasteiger partial charge in [0, 0.05) is 21.9 Å². The molecule has 0 bridgehead atoms. The first-order valence-corrected chi connectivity index (χ1v) is 5.37. The second kappa shape index (κ2) is 3.63. The van der Waals surface area contributed by atoms with Gasteiger partial charge in [-0.25, -0.2) is 0 Å². The molecule has 0 amide bonds. The molecule has 0 unspecified atom stereocenters. The normalized spacial score (nSPS) is 10.9. The van der Waals surface area contributed by atoms with E-state index in [1.807, 2.05) is 36.4 Å². The molecule has 0 radical (unpaired) electrons. The van der Waals surface area contributed by atoms with E-state index < -0.39 is 0 Å². The molecule has 3 nitrogen and oxygen atoms in total. The Morgan fingerprint density at radius 2 is 2.06 bits per heavy atom. The number of H-pyrrole nitrogens is 1. The van der Waals surface area contributed by atoms with Crippen LogP contribution < -0.4 is 4.74 Å². The molecule has 1 heterocycles. The van der Waals surface area contributed by atoms with Crippen molar-refractivity contribution in [3.05, 3.63) is 42.0 Å². The molecule has 1 aromatic heterocycles. The summed E-state index contributed by atoms with van der Waals surface area (Å²) in [5.74, 6) is 0.815. The molecule has 3 heteroatoms. The van der Waals surface area contributed by atoms with Crippen LogP contribution in [0.2, 0.25) is 0 Å². The third-order valence-corrected chi connectivity index (χ3v) is 3.00. The van der Waals surface area contributed by atoms with E-state index in [0.29, 0.717) is 5.56 Å². The number of hydrogen-bond donors (Lipinski definition) is 1. The first-order chi connectivity index (χ1) is 8.33. The van der Waals surface area contributed by atoms with E-state index in [1.165, 1.54) is 0 Å². The summed E-state index contributed by atoms with van der Waals surface area (Å²) in [4.78, 5) is 14.2. The molecular formula is C14H11NO2. The molecule has 0 aliphatic carbocycles. The lowest BCUT2D eigenvalue weighted by atomic mass is 10.1. The summed E-state index contributed by atoms with van der Waals surface area (Å²) in [6.45, 7) is 0. The summed E-state index contributed by atoms with van der Waals surface area (Å²) in [7, 11) is 1.65. The number of carbonyl (C=O) groups excluding carboxylic acids is 1. The standard InChI is InChI=1S/C14H11NO2/c1-17-10-5-6-13-12(7-10)11-4-2-3-9(8-16)14(11)15-13/h2-8,15H,1H3. The Morgan fingerprint density at radius 1 is 1.18 bits per heavy atom. The van der Waals surface area contributed by atoms with Crippen LogP contribution in [0.4, 0.5) is 0 Å². The Hall–Kier alpha value is -2.29. The van der Waals surface area contributed by atoms with Gasteiger partial charge in [-0.2, -0.15) is 0 Å². The van der Waals surface area contributed by atoms with Crippen molar-refractivity contribution in [2.24, 2.45) is 0 Å². The molecular weight excluding hydrogens is 214 g/mol. The van der Waals surface area contributed by atoms with E-state index in [1.54, 1.807) is 7.11 Å². The fourth-order valence-electron chi connectivity index (χ4n) is 2.15. The van der Waals surface area contributed by atoms with E-state index in [-0.39, 0.29) is 0 Å². The zero-order valence-corrected chi connectivity index (χ0v) is 9.36.